The molecule has 2 rings (SSSR count). The van der Waals surface area contributed by atoms with Crippen LogP contribution in [0.4, 0.5) is 0 Å². The minimum absolute atomic E-state index is 0.206. The first-order valence-electron chi connectivity index (χ1n) is 4.93. The van der Waals surface area contributed by atoms with Gasteiger partial charge in [0.1, 0.15) is 12.9 Å². The first-order chi connectivity index (χ1) is 6.79. The lowest BCUT2D eigenvalue weighted by Crippen LogP contribution is -2.13. The molecule has 0 spiro atoms. The minimum Gasteiger partial charge on any atom is -0.370 e. The van der Waals surface area contributed by atoms with Crippen LogP contribution in [0.1, 0.15) is 16.7 Å². The van der Waals surface area contributed by atoms with Crippen LogP contribution in [0, 0.1) is 6.92 Å². The molecule has 1 aromatic carbocycles. The summed E-state index contributed by atoms with van der Waals surface area (Å²) in [6.45, 7) is 2.32. The molecule has 0 radical (unpaired) electrons. The van der Waals surface area contributed by atoms with Gasteiger partial charge in [-0.1, -0.05) is 23.8 Å². The molecule has 1 aliphatic rings. The van der Waals surface area contributed by atoms with Crippen molar-refractivity contribution in [2.75, 3.05) is 6.61 Å². The minimum atomic E-state index is 0.206. The third-order valence-corrected chi connectivity index (χ3v) is 2.66. The Morgan fingerprint density at radius 2 is 2.21 bits per heavy atom. The predicted octanol–water partition coefficient (Wildman–Crippen LogP) is 1.68. The maximum Gasteiger partial charge on any atom is 0.145 e. The van der Waals surface area contributed by atoms with Crippen molar-refractivity contribution in [2.45, 2.75) is 25.9 Å². The van der Waals surface area contributed by atoms with Gasteiger partial charge in [-0.15, -0.1) is 0 Å². The van der Waals surface area contributed by atoms with Crippen LogP contribution in [0.25, 0.3) is 0 Å². The lowest BCUT2D eigenvalue weighted by atomic mass is 10.1. The predicted molar refractivity (Wildman–Crippen MR) is 54.4 cm³/mol. The summed E-state index contributed by atoms with van der Waals surface area (Å²) in [6, 6.07) is 6.50. The Morgan fingerprint density at radius 3 is 3.00 bits per heavy atom. The van der Waals surface area contributed by atoms with E-state index < -0.39 is 0 Å². The summed E-state index contributed by atoms with van der Waals surface area (Å²) in [5.74, 6) is 0. The third kappa shape index (κ3) is 1.85. The van der Waals surface area contributed by atoms with Crippen LogP contribution in [-0.4, -0.2) is 19.0 Å². The van der Waals surface area contributed by atoms with Crippen molar-refractivity contribution in [2.24, 2.45) is 0 Å². The highest BCUT2D eigenvalue weighted by Gasteiger charge is 2.21. The molecular weight excluding hydrogens is 176 g/mol. The first kappa shape index (κ1) is 9.41. The number of aldehydes is 1. The van der Waals surface area contributed by atoms with E-state index in [1.807, 2.05) is 0 Å². The van der Waals surface area contributed by atoms with Crippen LogP contribution in [0.5, 0.6) is 0 Å². The summed E-state index contributed by atoms with van der Waals surface area (Å²) < 4.78 is 5.41. The summed E-state index contributed by atoms with van der Waals surface area (Å²) in [4.78, 5) is 10.2. The molecule has 74 valence electrons. The van der Waals surface area contributed by atoms with Crippen molar-refractivity contribution in [1.82, 2.24) is 0 Å². The molecule has 0 N–H and O–H groups in total. The molecule has 2 nitrogen and oxygen atoms in total. The summed E-state index contributed by atoms with van der Waals surface area (Å²) in [6.07, 6.45) is 2.92. The zero-order valence-corrected chi connectivity index (χ0v) is 8.32. The van der Waals surface area contributed by atoms with E-state index in [0.717, 1.165) is 19.1 Å². The summed E-state index contributed by atoms with van der Waals surface area (Å²) in [7, 11) is 0. The smallest absolute Gasteiger partial charge is 0.145 e. The Labute approximate surface area is 83.9 Å². The number of carbonyl (C=O) groups is 1. The van der Waals surface area contributed by atoms with Crippen molar-refractivity contribution < 1.29 is 9.53 Å². The monoisotopic (exact) mass is 190 g/mol. The van der Waals surface area contributed by atoms with Crippen LogP contribution in [-0.2, 0) is 22.4 Å². The zero-order chi connectivity index (χ0) is 9.97. The van der Waals surface area contributed by atoms with Crippen LogP contribution in [0.15, 0.2) is 18.2 Å². The average molecular weight is 190 g/mol. The van der Waals surface area contributed by atoms with Crippen molar-refractivity contribution in [1.29, 1.82) is 0 Å². The van der Waals surface area contributed by atoms with E-state index in [1.54, 1.807) is 0 Å². The molecule has 0 bridgehead atoms. The van der Waals surface area contributed by atoms with Gasteiger partial charge >= 0.3 is 0 Å². The van der Waals surface area contributed by atoms with Crippen molar-refractivity contribution >= 4 is 6.29 Å². The Hall–Kier alpha value is -1.15. The summed E-state index contributed by atoms with van der Waals surface area (Å²) in [5, 5.41) is 0. The van der Waals surface area contributed by atoms with Gasteiger partial charge in [-0.25, -0.2) is 0 Å². The fraction of sp³-hybridized carbons (Fsp3) is 0.417. The quantitative estimate of drug-likeness (QED) is 0.678. The van der Waals surface area contributed by atoms with Gasteiger partial charge in [0, 0.05) is 0 Å². The maximum absolute atomic E-state index is 10.2. The lowest BCUT2D eigenvalue weighted by Gasteiger charge is -2.06. The van der Waals surface area contributed by atoms with Gasteiger partial charge in [-0.3, -0.25) is 0 Å². The Kier molecular flexibility index (Phi) is 2.64. The van der Waals surface area contributed by atoms with E-state index in [4.69, 9.17) is 4.74 Å². The second-order valence-corrected chi connectivity index (χ2v) is 3.80. The number of hydrogen-bond donors (Lipinski definition) is 0. The Morgan fingerprint density at radius 1 is 1.43 bits per heavy atom. The number of carbonyl (C=O) groups excluding carboxylic acids is 1. The number of benzene rings is 1. The molecule has 0 fully saturated rings. The van der Waals surface area contributed by atoms with E-state index in [9.17, 15) is 4.79 Å². The van der Waals surface area contributed by atoms with E-state index in [1.165, 1.54) is 16.7 Å². The molecular formula is C12H14O2. The van der Waals surface area contributed by atoms with E-state index in [0.29, 0.717) is 0 Å². The molecule has 1 atom stereocenters. The van der Waals surface area contributed by atoms with Gasteiger partial charge in [-0.2, -0.15) is 0 Å². The van der Waals surface area contributed by atoms with Crippen molar-refractivity contribution in [3.63, 3.8) is 0 Å². The number of rotatable bonds is 3. The van der Waals surface area contributed by atoms with Gasteiger partial charge in [0.25, 0.3) is 0 Å². The molecule has 0 saturated carbocycles. The molecule has 14 heavy (non-hydrogen) atoms. The van der Waals surface area contributed by atoms with Crippen molar-refractivity contribution in [3.05, 3.63) is 34.9 Å². The first-order valence-corrected chi connectivity index (χ1v) is 4.93. The molecule has 0 aliphatic heterocycles. The second-order valence-electron chi connectivity index (χ2n) is 3.80. The largest absolute Gasteiger partial charge is 0.370 e. The Bertz CT molecular complexity index is 344. The highest BCUT2D eigenvalue weighted by Crippen LogP contribution is 2.24. The van der Waals surface area contributed by atoms with E-state index in [2.05, 4.69) is 25.1 Å². The van der Waals surface area contributed by atoms with E-state index >= 15 is 0 Å². The van der Waals surface area contributed by atoms with E-state index in [-0.39, 0.29) is 12.7 Å². The third-order valence-electron chi connectivity index (χ3n) is 2.66. The summed E-state index contributed by atoms with van der Waals surface area (Å²) >= 11 is 0. The van der Waals surface area contributed by atoms with Gasteiger partial charge in [0.15, 0.2) is 0 Å². The summed E-state index contributed by atoms with van der Waals surface area (Å²) in [5.41, 5.74) is 4.03. The highest BCUT2D eigenvalue weighted by molar-refractivity contribution is 5.50. The van der Waals surface area contributed by atoms with Gasteiger partial charge < -0.3 is 9.53 Å². The molecule has 0 amide bonds. The van der Waals surface area contributed by atoms with Crippen molar-refractivity contribution in [3.8, 4) is 0 Å². The standard InChI is InChI=1S/C12H14O2/c1-9-2-3-10-7-12(14-5-4-13)8-11(10)6-9/h2-4,6,12H,5,7-8H2,1H3/t12-/m0/s1. The van der Waals surface area contributed by atoms with Gasteiger partial charge in [-0.05, 0) is 30.9 Å². The molecule has 1 aliphatic carbocycles. The van der Waals surface area contributed by atoms with Gasteiger partial charge in [0.2, 0.25) is 0 Å². The molecule has 0 aromatic heterocycles. The normalized spacial score (nSPS) is 19.4. The van der Waals surface area contributed by atoms with Crippen LogP contribution in [0.2, 0.25) is 0 Å². The fourth-order valence-electron chi connectivity index (χ4n) is 2.00. The number of aryl methyl sites for hydroxylation is 1. The number of ether oxygens (including phenoxy) is 1. The number of fused-ring (bicyclic) bond motifs is 1. The molecule has 0 unspecified atom stereocenters. The zero-order valence-electron chi connectivity index (χ0n) is 8.32. The highest BCUT2D eigenvalue weighted by atomic mass is 16.5. The van der Waals surface area contributed by atoms with Crippen LogP contribution < -0.4 is 0 Å². The Balaban J connectivity index is 2.06. The lowest BCUT2D eigenvalue weighted by molar-refractivity contribution is -0.113. The molecule has 1 aromatic rings. The molecule has 0 saturated heterocycles. The van der Waals surface area contributed by atoms with Gasteiger partial charge in [0.05, 0.1) is 6.10 Å². The maximum atomic E-state index is 10.2. The van der Waals surface area contributed by atoms with Crippen LogP contribution >= 0.6 is 0 Å². The topological polar surface area (TPSA) is 26.3 Å². The molecule has 0 heterocycles. The number of hydrogen-bond acceptors (Lipinski definition) is 2. The molecule has 2 heteroatoms. The fourth-order valence-corrected chi connectivity index (χ4v) is 2.00. The SMILES string of the molecule is Cc1ccc2c(c1)C[C@@H](OCC=O)C2. The second kappa shape index (κ2) is 3.93. The average Bonchev–Trinajstić information content (AvgIpc) is 2.56. The van der Waals surface area contributed by atoms with Crippen LogP contribution in [0.3, 0.4) is 0 Å².